The Balaban J connectivity index is 2.07. The third-order valence-electron chi connectivity index (χ3n) is 2.97. The Bertz CT molecular complexity index is 501. The summed E-state index contributed by atoms with van der Waals surface area (Å²) in [5.74, 6) is 6.51. The lowest BCUT2D eigenvalue weighted by atomic mass is 10.1. The van der Waals surface area contributed by atoms with E-state index in [0.29, 0.717) is 10.8 Å². The molecule has 1 N–H and O–H groups in total. The largest absolute Gasteiger partial charge is 0.384 e. The molecule has 0 bridgehead atoms. The van der Waals surface area contributed by atoms with Crippen LogP contribution < -0.4 is 0 Å². The molecule has 3 nitrogen and oxygen atoms in total. The zero-order valence-electron chi connectivity index (χ0n) is 10.9. The van der Waals surface area contributed by atoms with Gasteiger partial charge in [-0.3, -0.25) is 4.79 Å². The van der Waals surface area contributed by atoms with Gasteiger partial charge in [-0.1, -0.05) is 18.8 Å². The maximum atomic E-state index is 12.3. The highest BCUT2D eigenvalue weighted by atomic mass is 32.2. The third-order valence-corrected chi connectivity index (χ3v) is 4.11. The van der Waals surface area contributed by atoms with Gasteiger partial charge in [0, 0.05) is 35.2 Å². The molecule has 0 radical (unpaired) electrons. The summed E-state index contributed by atoms with van der Waals surface area (Å²) < 4.78 is 0. The number of carbonyl (C=O) groups excluding carboxylic acids is 1. The molecule has 1 fully saturated rings. The molecule has 19 heavy (non-hydrogen) atoms. The number of aliphatic hydroxyl groups is 1. The van der Waals surface area contributed by atoms with Gasteiger partial charge < -0.3 is 10.0 Å². The van der Waals surface area contributed by atoms with Gasteiger partial charge in [0.15, 0.2) is 0 Å². The lowest BCUT2D eigenvalue weighted by Gasteiger charge is -2.30. The number of nitrogens with zero attached hydrogens (tertiary/aromatic N) is 1. The van der Waals surface area contributed by atoms with Gasteiger partial charge in [0.05, 0.1) is 0 Å². The standard InChI is InChI=1S/C15H17NO2S/c1-12-11-16(8-10-19-12)15(18)14-6-4-13(5-7-14)3-2-9-17/h4-7,12,17H,8-11H2,1H3. The summed E-state index contributed by atoms with van der Waals surface area (Å²) >= 11 is 1.91. The first-order valence-electron chi connectivity index (χ1n) is 6.31. The van der Waals surface area contributed by atoms with E-state index in [1.165, 1.54) is 0 Å². The van der Waals surface area contributed by atoms with Crippen molar-refractivity contribution in [3.05, 3.63) is 35.4 Å². The summed E-state index contributed by atoms with van der Waals surface area (Å²) in [5.41, 5.74) is 1.52. The Morgan fingerprint density at radius 2 is 2.21 bits per heavy atom. The summed E-state index contributed by atoms with van der Waals surface area (Å²) in [6, 6.07) is 7.24. The van der Waals surface area contributed by atoms with Crippen LogP contribution in [0, 0.1) is 11.8 Å². The molecule has 1 aromatic carbocycles. The molecule has 1 atom stereocenters. The number of hydrogen-bond acceptors (Lipinski definition) is 3. The third kappa shape index (κ3) is 3.76. The number of rotatable bonds is 1. The predicted octanol–water partition coefficient (Wildman–Crippen LogP) is 1.61. The number of carbonyl (C=O) groups is 1. The van der Waals surface area contributed by atoms with Crippen molar-refractivity contribution in [1.82, 2.24) is 4.90 Å². The van der Waals surface area contributed by atoms with Crippen molar-refractivity contribution in [2.75, 3.05) is 25.4 Å². The molecule has 1 unspecified atom stereocenters. The van der Waals surface area contributed by atoms with Crippen LogP contribution >= 0.6 is 11.8 Å². The van der Waals surface area contributed by atoms with Crippen molar-refractivity contribution in [2.45, 2.75) is 12.2 Å². The van der Waals surface area contributed by atoms with Crippen molar-refractivity contribution >= 4 is 17.7 Å². The highest BCUT2D eigenvalue weighted by Crippen LogP contribution is 2.19. The molecule has 1 aromatic rings. The Morgan fingerprint density at radius 3 is 2.84 bits per heavy atom. The van der Waals surface area contributed by atoms with Gasteiger partial charge in [-0.25, -0.2) is 0 Å². The maximum absolute atomic E-state index is 12.3. The van der Waals surface area contributed by atoms with Crippen molar-refractivity contribution < 1.29 is 9.90 Å². The van der Waals surface area contributed by atoms with Crippen LogP contribution in [0.5, 0.6) is 0 Å². The van der Waals surface area contributed by atoms with Crippen LogP contribution in [0.2, 0.25) is 0 Å². The second-order valence-electron chi connectivity index (χ2n) is 4.47. The van der Waals surface area contributed by atoms with E-state index in [4.69, 9.17) is 5.11 Å². The highest BCUT2D eigenvalue weighted by Gasteiger charge is 2.22. The summed E-state index contributed by atoms with van der Waals surface area (Å²) in [5, 5.41) is 9.14. The SMILES string of the molecule is CC1CN(C(=O)c2ccc(C#CCO)cc2)CCS1. The van der Waals surface area contributed by atoms with Gasteiger partial charge in [0.2, 0.25) is 0 Å². The number of aliphatic hydroxyl groups excluding tert-OH is 1. The highest BCUT2D eigenvalue weighted by molar-refractivity contribution is 7.99. The molecule has 0 aromatic heterocycles. The van der Waals surface area contributed by atoms with E-state index in [-0.39, 0.29) is 12.5 Å². The van der Waals surface area contributed by atoms with Gasteiger partial charge in [-0.05, 0) is 24.3 Å². The average molecular weight is 275 g/mol. The molecule has 1 amide bonds. The van der Waals surface area contributed by atoms with Crippen molar-refractivity contribution in [3.63, 3.8) is 0 Å². The van der Waals surface area contributed by atoms with Crippen LogP contribution in [0.15, 0.2) is 24.3 Å². The molecule has 1 aliphatic rings. The fraction of sp³-hybridized carbons (Fsp3) is 0.400. The molecule has 1 saturated heterocycles. The van der Waals surface area contributed by atoms with E-state index in [2.05, 4.69) is 18.8 Å². The van der Waals surface area contributed by atoms with Gasteiger partial charge in [-0.2, -0.15) is 11.8 Å². The predicted molar refractivity (Wildman–Crippen MR) is 78.2 cm³/mol. The van der Waals surface area contributed by atoms with Crippen LogP contribution in [0.1, 0.15) is 22.8 Å². The number of amides is 1. The molecular formula is C15H17NO2S. The quantitative estimate of drug-likeness (QED) is 0.792. The first-order chi connectivity index (χ1) is 9.20. The van der Waals surface area contributed by atoms with E-state index < -0.39 is 0 Å². The van der Waals surface area contributed by atoms with Crippen molar-refractivity contribution in [3.8, 4) is 11.8 Å². The number of hydrogen-bond donors (Lipinski definition) is 1. The Hall–Kier alpha value is -1.44. The van der Waals surface area contributed by atoms with Crippen LogP contribution in [0.25, 0.3) is 0 Å². The summed E-state index contributed by atoms with van der Waals surface area (Å²) in [6.45, 7) is 3.64. The molecule has 1 aliphatic heterocycles. The zero-order chi connectivity index (χ0) is 13.7. The van der Waals surface area contributed by atoms with E-state index in [1.807, 2.05) is 28.8 Å². The fourth-order valence-corrected chi connectivity index (χ4v) is 3.04. The molecule has 0 spiro atoms. The van der Waals surface area contributed by atoms with E-state index in [9.17, 15) is 4.79 Å². The molecule has 0 aliphatic carbocycles. The van der Waals surface area contributed by atoms with Crippen LogP contribution in [-0.4, -0.2) is 46.6 Å². The van der Waals surface area contributed by atoms with E-state index in [0.717, 1.165) is 24.4 Å². The monoisotopic (exact) mass is 275 g/mol. The van der Waals surface area contributed by atoms with E-state index in [1.54, 1.807) is 12.1 Å². The molecule has 2 rings (SSSR count). The topological polar surface area (TPSA) is 40.5 Å². The van der Waals surface area contributed by atoms with Crippen LogP contribution in [0.3, 0.4) is 0 Å². The summed E-state index contributed by atoms with van der Waals surface area (Å²) in [6.07, 6.45) is 0. The molecule has 1 heterocycles. The van der Waals surface area contributed by atoms with Crippen molar-refractivity contribution in [2.24, 2.45) is 0 Å². The minimum absolute atomic E-state index is 0.0915. The first-order valence-corrected chi connectivity index (χ1v) is 7.36. The number of benzene rings is 1. The minimum atomic E-state index is -0.149. The van der Waals surface area contributed by atoms with Gasteiger partial charge >= 0.3 is 0 Å². The van der Waals surface area contributed by atoms with Gasteiger partial charge in [0.1, 0.15) is 6.61 Å². The average Bonchev–Trinajstić information content (AvgIpc) is 2.45. The molecule has 100 valence electrons. The summed E-state index contributed by atoms with van der Waals surface area (Å²) in [7, 11) is 0. The smallest absolute Gasteiger partial charge is 0.253 e. The molecular weight excluding hydrogens is 258 g/mol. The van der Waals surface area contributed by atoms with Crippen LogP contribution in [-0.2, 0) is 0 Å². The molecule has 4 heteroatoms. The molecule has 0 saturated carbocycles. The van der Waals surface area contributed by atoms with E-state index >= 15 is 0 Å². The minimum Gasteiger partial charge on any atom is -0.384 e. The summed E-state index contributed by atoms with van der Waals surface area (Å²) in [4.78, 5) is 14.2. The van der Waals surface area contributed by atoms with Crippen molar-refractivity contribution in [1.29, 1.82) is 0 Å². The van der Waals surface area contributed by atoms with Gasteiger partial charge in [0.25, 0.3) is 5.91 Å². The Morgan fingerprint density at radius 1 is 1.47 bits per heavy atom. The van der Waals surface area contributed by atoms with Gasteiger partial charge in [-0.15, -0.1) is 0 Å². The maximum Gasteiger partial charge on any atom is 0.253 e. The lowest BCUT2D eigenvalue weighted by molar-refractivity contribution is 0.0763. The number of thioether (sulfide) groups is 1. The zero-order valence-corrected chi connectivity index (χ0v) is 11.7. The fourth-order valence-electron chi connectivity index (χ4n) is 2.02. The van der Waals surface area contributed by atoms with Crippen LogP contribution in [0.4, 0.5) is 0 Å². The Labute approximate surface area is 118 Å². The second kappa shape index (κ2) is 6.65. The second-order valence-corrected chi connectivity index (χ2v) is 6.02. The normalized spacial score (nSPS) is 18.6. The first kappa shape index (κ1) is 14.0. The lowest BCUT2D eigenvalue weighted by Crippen LogP contribution is -2.40. The Kier molecular flexibility index (Phi) is 4.89.